The first kappa shape index (κ1) is 30.2. The molecule has 15 heteroatoms. The Hall–Kier alpha value is -2.81. The molecule has 0 aliphatic carbocycles. The van der Waals surface area contributed by atoms with Crippen molar-refractivity contribution in [3.8, 4) is 0 Å². The van der Waals surface area contributed by atoms with Gasteiger partial charge in [0.05, 0.1) is 26.1 Å². The maximum atomic E-state index is 12.8. The summed E-state index contributed by atoms with van der Waals surface area (Å²) < 4.78 is 34.9. The highest BCUT2D eigenvalue weighted by Crippen LogP contribution is 2.61. The third-order valence-corrected chi connectivity index (χ3v) is 9.66. The largest absolute Gasteiger partial charge is 0.394 e. The standard InChI is InChI=1S/C28H37N6O8P/c1-16(2)25(36)31-28-30-24-20(26(37)32-28)29-15-33(24)27-23(39-13-12-38-3)22(19(14-35)40-27)42-43-34-11-7-10-18(34)21(41-43)17-8-5-4-6-9-17/h4-6,8-9,15-16,18-19,21-23,27,35H,7,10-14H2,1-3H3,(H2,30,31,32,36,37)/t18-,19+,21+,22?,23-,27+,43+/m0/s1. The molecule has 0 spiro atoms. The number of nitrogens with zero attached hydrogens (tertiary/aromatic N) is 4. The predicted octanol–water partition coefficient (Wildman–Crippen LogP) is 2.48. The topological polar surface area (TPSA) is 162 Å². The lowest BCUT2D eigenvalue weighted by Gasteiger charge is -2.28. The van der Waals surface area contributed by atoms with Gasteiger partial charge in [0, 0.05) is 25.6 Å². The van der Waals surface area contributed by atoms with E-state index in [4.69, 9.17) is 23.3 Å². The molecule has 0 bridgehead atoms. The summed E-state index contributed by atoms with van der Waals surface area (Å²) in [5.41, 5.74) is 0.846. The minimum atomic E-state index is -1.49. The van der Waals surface area contributed by atoms with Gasteiger partial charge in [0.1, 0.15) is 24.4 Å². The number of aromatic nitrogens is 4. The van der Waals surface area contributed by atoms with E-state index in [1.165, 1.54) is 6.33 Å². The number of benzene rings is 1. The number of anilines is 1. The molecule has 43 heavy (non-hydrogen) atoms. The molecule has 232 valence electrons. The first-order valence-corrected chi connectivity index (χ1v) is 15.6. The van der Waals surface area contributed by atoms with Crippen molar-refractivity contribution >= 4 is 31.5 Å². The number of aromatic amines is 1. The van der Waals surface area contributed by atoms with Gasteiger partial charge in [-0.1, -0.05) is 44.2 Å². The lowest BCUT2D eigenvalue weighted by atomic mass is 10.0. The number of carbonyl (C=O) groups is 1. The van der Waals surface area contributed by atoms with Gasteiger partial charge in [-0.25, -0.2) is 9.65 Å². The number of hydrogen-bond acceptors (Lipinski definition) is 11. The third kappa shape index (κ3) is 5.98. The van der Waals surface area contributed by atoms with E-state index in [1.807, 2.05) is 18.2 Å². The molecule has 3 aliphatic rings. The molecule has 3 aromatic rings. The van der Waals surface area contributed by atoms with E-state index in [1.54, 1.807) is 25.5 Å². The molecule has 14 nitrogen and oxygen atoms in total. The molecule has 6 rings (SSSR count). The van der Waals surface area contributed by atoms with E-state index in [9.17, 15) is 14.7 Å². The second-order valence-corrected chi connectivity index (χ2v) is 12.5. The van der Waals surface area contributed by atoms with Gasteiger partial charge >= 0.3 is 0 Å². The molecule has 2 aromatic heterocycles. The molecule has 0 radical (unpaired) electrons. The van der Waals surface area contributed by atoms with E-state index >= 15 is 0 Å². The second-order valence-electron chi connectivity index (χ2n) is 11.1. The summed E-state index contributed by atoms with van der Waals surface area (Å²) in [6.07, 6.45) is 0.284. The van der Waals surface area contributed by atoms with Gasteiger partial charge in [0.15, 0.2) is 17.4 Å². The lowest BCUT2D eigenvalue weighted by Crippen LogP contribution is -2.38. The summed E-state index contributed by atoms with van der Waals surface area (Å²) >= 11 is 0. The smallest absolute Gasteiger partial charge is 0.280 e. The van der Waals surface area contributed by atoms with Crippen LogP contribution in [0.5, 0.6) is 0 Å². The van der Waals surface area contributed by atoms with Crippen LogP contribution < -0.4 is 10.9 Å². The number of aliphatic hydroxyl groups excluding tert-OH is 1. The number of imidazole rings is 1. The van der Waals surface area contributed by atoms with E-state index in [-0.39, 0.29) is 54.3 Å². The predicted molar refractivity (Wildman–Crippen MR) is 156 cm³/mol. The monoisotopic (exact) mass is 616 g/mol. The Kier molecular flexibility index (Phi) is 9.17. The van der Waals surface area contributed by atoms with Crippen molar-refractivity contribution in [1.29, 1.82) is 0 Å². The summed E-state index contributed by atoms with van der Waals surface area (Å²) in [5.74, 6) is -0.621. The second kappa shape index (κ2) is 13.0. The van der Waals surface area contributed by atoms with Crippen LogP contribution in [0.25, 0.3) is 11.2 Å². The van der Waals surface area contributed by atoms with E-state index in [0.29, 0.717) is 6.61 Å². The van der Waals surface area contributed by atoms with Gasteiger partial charge in [0.2, 0.25) is 11.9 Å². The van der Waals surface area contributed by atoms with Crippen LogP contribution >= 0.6 is 8.53 Å². The fourth-order valence-corrected chi connectivity index (χ4v) is 7.71. The number of methoxy groups -OCH3 is 1. The Labute approximate surface area is 249 Å². The normalized spacial score (nSPS) is 29.1. The van der Waals surface area contributed by atoms with Crippen LogP contribution in [-0.2, 0) is 28.1 Å². The number of rotatable bonds is 11. The Morgan fingerprint density at radius 2 is 2.07 bits per heavy atom. The molecule has 3 N–H and O–H groups in total. The Morgan fingerprint density at radius 3 is 2.81 bits per heavy atom. The van der Waals surface area contributed by atoms with Gasteiger partial charge in [-0.3, -0.25) is 24.5 Å². The summed E-state index contributed by atoms with van der Waals surface area (Å²) in [7, 11) is 0.0925. The Bertz CT molecular complexity index is 1470. The van der Waals surface area contributed by atoms with Crippen LogP contribution in [0.4, 0.5) is 5.95 Å². The van der Waals surface area contributed by atoms with Crippen molar-refractivity contribution in [2.75, 3.05) is 38.8 Å². The minimum Gasteiger partial charge on any atom is -0.394 e. The zero-order valence-electron chi connectivity index (χ0n) is 24.3. The van der Waals surface area contributed by atoms with Crippen molar-refractivity contribution < 1.29 is 33.2 Å². The molecule has 1 unspecified atom stereocenters. The van der Waals surface area contributed by atoms with Crippen LogP contribution in [0.3, 0.4) is 0 Å². The summed E-state index contributed by atoms with van der Waals surface area (Å²) in [5, 5.41) is 13.0. The molecule has 7 atom stereocenters. The average molecular weight is 617 g/mol. The highest BCUT2D eigenvalue weighted by Gasteiger charge is 2.53. The minimum absolute atomic E-state index is 0.00542. The number of nitrogens with one attached hydrogen (secondary N) is 2. The molecule has 5 heterocycles. The van der Waals surface area contributed by atoms with Gasteiger partial charge in [-0.15, -0.1) is 0 Å². The van der Waals surface area contributed by atoms with Gasteiger partial charge in [-0.2, -0.15) is 4.98 Å². The Balaban J connectivity index is 1.31. The zero-order chi connectivity index (χ0) is 30.1. The van der Waals surface area contributed by atoms with Gasteiger partial charge in [-0.05, 0) is 18.4 Å². The quantitative estimate of drug-likeness (QED) is 0.214. The number of aliphatic hydroxyl groups is 1. The molecular formula is C28H37N6O8P. The van der Waals surface area contributed by atoms with E-state index in [0.717, 1.165) is 24.9 Å². The van der Waals surface area contributed by atoms with Crippen molar-refractivity contribution in [2.24, 2.45) is 5.92 Å². The van der Waals surface area contributed by atoms with Crippen LogP contribution in [0.2, 0.25) is 0 Å². The molecule has 3 fully saturated rings. The number of fused-ring (bicyclic) bond motifs is 2. The van der Waals surface area contributed by atoms with Crippen LogP contribution in [-0.4, -0.2) is 93.0 Å². The van der Waals surface area contributed by atoms with Crippen LogP contribution in [0.1, 0.15) is 44.6 Å². The molecule has 3 saturated heterocycles. The Morgan fingerprint density at radius 1 is 1.26 bits per heavy atom. The first-order valence-electron chi connectivity index (χ1n) is 14.5. The van der Waals surface area contributed by atoms with Gasteiger partial charge < -0.3 is 28.4 Å². The van der Waals surface area contributed by atoms with E-state index < -0.39 is 38.6 Å². The van der Waals surface area contributed by atoms with Crippen molar-refractivity contribution in [1.82, 2.24) is 24.2 Å². The lowest BCUT2D eigenvalue weighted by molar-refractivity contribution is -0.118. The summed E-state index contributed by atoms with van der Waals surface area (Å²) in [6.45, 7) is 4.54. The number of amides is 1. The molecule has 1 aromatic carbocycles. The number of hydrogen-bond donors (Lipinski definition) is 3. The molecule has 0 saturated carbocycles. The van der Waals surface area contributed by atoms with Crippen LogP contribution in [0.15, 0.2) is 41.5 Å². The zero-order valence-corrected chi connectivity index (χ0v) is 25.2. The maximum absolute atomic E-state index is 12.8. The fraction of sp³-hybridized carbons (Fsp3) is 0.571. The highest BCUT2D eigenvalue weighted by molar-refractivity contribution is 7.45. The van der Waals surface area contributed by atoms with Gasteiger partial charge in [0.25, 0.3) is 14.1 Å². The van der Waals surface area contributed by atoms with Crippen LogP contribution in [0, 0.1) is 5.92 Å². The number of carbonyl (C=O) groups excluding carboxylic acids is 1. The van der Waals surface area contributed by atoms with Crippen molar-refractivity contribution in [3.05, 3.63) is 52.6 Å². The summed E-state index contributed by atoms with van der Waals surface area (Å²) in [6, 6.07) is 10.3. The molecule has 1 amide bonds. The highest BCUT2D eigenvalue weighted by atomic mass is 31.2. The average Bonchev–Trinajstić information content (AvgIpc) is 3.78. The maximum Gasteiger partial charge on any atom is 0.280 e. The number of ether oxygens (including phenoxy) is 3. The van der Waals surface area contributed by atoms with Crippen molar-refractivity contribution in [3.63, 3.8) is 0 Å². The van der Waals surface area contributed by atoms with E-state index in [2.05, 4.69) is 37.1 Å². The summed E-state index contributed by atoms with van der Waals surface area (Å²) in [4.78, 5) is 36.5. The first-order chi connectivity index (χ1) is 20.9. The SMILES string of the molecule is COCCO[C@H]1C(O[P@@]2O[C@H](c3ccccc3)[C@@H]3CCCN32)[C@@H](CO)O[C@H]1n1cnc2c(=O)[nH]c(NC(=O)C(C)C)nc21. The fourth-order valence-electron chi connectivity index (χ4n) is 5.71. The van der Waals surface area contributed by atoms with Crippen molar-refractivity contribution in [2.45, 2.75) is 63.4 Å². The number of H-pyrrole nitrogens is 1. The molecule has 3 aliphatic heterocycles. The third-order valence-electron chi connectivity index (χ3n) is 7.91. The molecular weight excluding hydrogens is 579 g/mol.